The van der Waals surface area contributed by atoms with Crippen LogP contribution in [0.2, 0.25) is 0 Å². The fraction of sp³-hybridized carbons (Fsp3) is 0.250. The Labute approximate surface area is 157 Å². The van der Waals surface area contributed by atoms with Gasteiger partial charge in [-0.2, -0.15) is 0 Å². The van der Waals surface area contributed by atoms with Gasteiger partial charge < -0.3 is 28.8 Å². The number of nitrogens with zero attached hydrogens (tertiary/aromatic N) is 1. The molecule has 27 heavy (non-hydrogen) atoms. The van der Waals surface area contributed by atoms with Crippen molar-refractivity contribution in [3.8, 4) is 23.0 Å². The first kappa shape index (κ1) is 18.4. The number of anilines is 1. The Morgan fingerprint density at radius 1 is 0.852 bits per heavy atom. The molecular weight excluding hydrogens is 348 g/mol. The quantitative estimate of drug-likeness (QED) is 0.719. The third kappa shape index (κ3) is 3.23. The molecule has 142 valence electrons. The number of amides is 1. The van der Waals surface area contributed by atoms with Gasteiger partial charge >= 0.3 is 0 Å². The monoisotopic (exact) mass is 370 g/mol. The van der Waals surface area contributed by atoms with Crippen molar-refractivity contribution in [3.63, 3.8) is 0 Å². The second-order valence-electron chi connectivity index (χ2n) is 5.84. The lowest BCUT2D eigenvalue weighted by Crippen LogP contribution is -2.16. The normalized spacial score (nSPS) is 10.6. The molecule has 1 N–H and O–H groups in total. The van der Waals surface area contributed by atoms with Gasteiger partial charge in [0.1, 0.15) is 28.7 Å². The highest BCUT2D eigenvalue weighted by atomic mass is 16.5. The van der Waals surface area contributed by atoms with Crippen LogP contribution in [0.4, 0.5) is 5.69 Å². The minimum Gasteiger partial charge on any atom is -0.497 e. The lowest BCUT2D eigenvalue weighted by atomic mass is 10.2. The standard InChI is InChI=1S/C20H22N2O5/c1-22-15(11-13-16(25-3)8-9-17(26-4)19(13)22)20(23)21-14-7-6-12(24-2)10-18(14)27-5/h6-11H,1-5H3,(H,21,23). The molecule has 2 aromatic carbocycles. The van der Waals surface area contributed by atoms with Crippen molar-refractivity contribution in [2.45, 2.75) is 0 Å². The molecule has 7 heteroatoms. The largest absolute Gasteiger partial charge is 0.497 e. The summed E-state index contributed by atoms with van der Waals surface area (Å²) in [5, 5.41) is 3.68. The average molecular weight is 370 g/mol. The van der Waals surface area contributed by atoms with Crippen LogP contribution in [-0.2, 0) is 7.05 Å². The lowest BCUT2D eigenvalue weighted by molar-refractivity contribution is 0.101. The number of carbonyl (C=O) groups excluding carboxylic acids is 1. The van der Waals surface area contributed by atoms with Gasteiger partial charge in [0.05, 0.1) is 39.6 Å². The number of carbonyl (C=O) groups is 1. The maximum absolute atomic E-state index is 12.9. The molecule has 0 aliphatic rings. The molecule has 1 heterocycles. The summed E-state index contributed by atoms with van der Waals surface area (Å²) in [7, 11) is 8.11. The Hall–Kier alpha value is -3.35. The second kappa shape index (κ2) is 7.49. The van der Waals surface area contributed by atoms with Crippen LogP contribution in [0.15, 0.2) is 36.4 Å². The summed E-state index contributed by atoms with van der Waals surface area (Å²) in [6, 6.07) is 10.6. The number of benzene rings is 2. The lowest BCUT2D eigenvalue weighted by Gasteiger charge is -2.12. The molecule has 7 nitrogen and oxygen atoms in total. The highest BCUT2D eigenvalue weighted by molar-refractivity contribution is 6.08. The summed E-state index contributed by atoms with van der Waals surface area (Å²) >= 11 is 0. The van der Waals surface area contributed by atoms with Gasteiger partial charge in [-0.1, -0.05) is 0 Å². The number of methoxy groups -OCH3 is 4. The third-order valence-corrected chi connectivity index (χ3v) is 4.45. The van der Waals surface area contributed by atoms with E-state index in [1.165, 1.54) is 7.11 Å². The molecule has 0 aliphatic heterocycles. The number of fused-ring (bicyclic) bond motifs is 1. The maximum atomic E-state index is 12.9. The zero-order chi connectivity index (χ0) is 19.6. The van der Waals surface area contributed by atoms with Crippen LogP contribution in [0.3, 0.4) is 0 Å². The minimum absolute atomic E-state index is 0.277. The highest BCUT2D eigenvalue weighted by Crippen LogP contribution is 2.36. The average Bonchev–Trinajstić information content (AvgIpc) is 3.05. The van der Waals surface area contributed by atoms with E-state index in [1.807, 2.05) is 19.2 Å². The second-order valence-corrected chi connectivity index (χ2v) is 5.84. The maximum Gasteiger partial charge on any atom is 0.272 e. The van der Waals surface area contributed by atoms with Crippen molar-refractivity contribution in [2.24, 2.45) is 7.05 Å². The topological polar surface area (TPSA) is 71.0 Å². The van der Waals surface area contributed by atoms with Gasteiger partial charge in [-0.25, -0.2) is 0 Å². The van der Waals surface area contributed by atoms with E-state index in [9.17, 15) is 4.79 Å². The van der Waals surface area contributed by atoms with Crippen molar-refractivity contribution in [1.29, 1.82) is 0 Å². The molecule has 0 spiro atoms. The number of rotatable bonds is 6. The van der Waals surface area contributed by atoms with Gasteiger partial charge in [-0.15, -0.1) is 0 Å². The van der Waals surface area contributed by atoms with Crippen LogP contribution >= 0.6 is 0 Å². The third-order valence-electron chi connectivity index (χ3n) is 4.45. The Balaban J connectivity index is 2.03. The molecule has 3 rings (SSSR count). The van der Waals surface area contributed by atoms with Crippen LogP contribution in [0.5, 0.6) is 23.0 Å². The van der Waals surface area contributed by atoms with Crippen molar-refractivity contribution >= 4 is 22.5 Å². The molecule has 0 aliphatic carbocycles. The van der Waals surface area contributed by atoms with Crippen LogP contribution in [0.1, 0.15) is 10.5 Å². The first-order valence-electron chi connectivity index (χ1n) is 8.27. The number of hydrogen-bond acceptors (Lipinski definition) is 5. The first-order valence-corrected chi connectivity index (χ1v) is 8.27. The fourth-order valence-electron chi connectivity index (χ4n) is 3.06. The van der Waals surface area contributed by atoms with Gasteiger partial charge in [-0.05, 0) is 30.3 Å². The Kier molecular flexibility index (Phi) is 5.12. The van der Waals surface area contributed by atoms with Crippen molar-refractivity contribution in [2.75, 3.05) is 33.8 Å². The van der Waals surface area contributed by atoms with E-state index in [0.29, 0.717) is 34.4 Å². The zero-order valence-electron chi connectivity index (χ0n) is 16.0. The summed E-state index contributed by atoms with van der Waals surface area (Å²) in [6.45, 7) is 0. The molecule has 3 aromatic rings. The summed E-state index contributed by atoms with van der Waals surface area (Å²) in [6.07, 6.45) is 0. The van der Waals surface area contributed by atoms with E-state index in [2.05, 4.69) is 5.32 Å². The van der Waals surface area contributed by atoms with Gasteiger partial charge in [-0.3, -0.25) is 4.79 Å². The Bertz CT molecular complexity index is 994. The zero-order valence-corrected chi connectivity index (χ0v) is 16.0. The molecule has 0 radical (unpaired) electrons. The molecule has 0 saturated heterocycles. The summed E-state index contributed by atoms with van der Waals surface area (Å²) in [4.78, 5) is 12.9. The molecule has 0 unspecified atom stereocenters. The summed E-state index contributed by atoms with van der Waals surface area (Å²) in [5.41, 5.74) is 1.79. The van der Waals surface area contributed by atoms with E-state index < -0.39 is 0 Å². The molecule has 0 saturated carbocycles. The van der Waals surface area contributed by atoms with Gasteiger partial charge in [0.25, 0.3) is 5.91 Å². The van der Waals surface area contributed by atoms with Gasteiger partial charge in [0, 0.05) is 18.5 Å². The number of nitrogens with one attached hydrogen (secondary N) is 1. The minimum atomic E-state index is -0.277. The summed E-state index contributed by atoms with van der Waals surface area (Å²) in [5.74, 6) is 2.21. The first-order chi connectivity index (χ1) is 13.0. The van der Waals surface area contributed by atoms with Crippen LogP contribution in [-0.4, -0.2) is 38.9 Å². The van der Waals surface area contributed by atoms with E-state index in [4.69, 9.17) is 18.9 Å². The number of aryl methyl sites for hydroxylation is 1. The predicted octanol–water partition coefficient (Wildman–Crippen LogP) is 3.47. The molecule has 1 aromatic heterocycles. The molecule has 0 fully saturated rings. The number of hydrogen-bond donors (Lipinski definition) is 1. The summed E-state index contributed by atoms with van der Waals surface area (Å²) < 4.78 is 23.2. The van der Waals surface area contributed by atoms with Crippen LogP contribution in [0.25, 0.3) is 10.9 Å². The van der Waals surface area contributed by atoms with Gasteiger partial charge in [0.15, 0.2) is 0 Å². The van der Waals surface area contributed by atoms with E-state index >= 15 is 0 Å². The molecule has 1 amide bonds. The van der Waals surface area contributed by atoms with E-state index in [-0.39, 0.29) is 5.91 Å². The molecular formula is C20H22N2O5. The van der Waals surface area contributed by atoms with Crippen molar-refractivity contribution in [1.82, 2.24) is 4.57 Å². The van der Waals surface area contributed by atoms with E-state index in [0.717, 1.165) is 10.9 Å². The Morgan fingerprint density at radius 2 is 1.52 bits per heavy atom. The van der Waals surface area contributed by atoms with Crippen molar-refractivity contribution < 1.29 is 23.7 Å². The van der Waals surface area contributed by atoms with Crippen LogP contribution < -0.4 is 24.3 Å². The SMILES string of the molecule is COc1ccc(NC(=O)c2cc3c(OC)ccc(OC)c3n2C)c(OC)c1. The van der Waals surface area contributed by atoms with Crippen molar-refractivity contribution in [3.05, 3.63) is 42.1 Å². The van der Waals surface area contributed by atoms with Crippen LogP contribution in [0, 0.1) is 0 Å². The number of ether oxygens (including phenoxy) is 4. The van der Waals surface area contributed by atoms with E-state index in [1.54, 1.807) is 50.2 Å². The number of aromatic nitrogens is 1. The molecule has 0 bridgehead atoms. The van der Waals surface area contributed by atoms with Gasteiger partial charge in [0.2, 0.25) is 0 Å². The fourth-order valence-corrected chi connectivity index (χ4v) is 3.06. The predicted molar refractivity (Wildman–Crippen MR) is 104 cm³/mol. The molecule has 0 atom stereocenters. The smallest absolute Gasteiger partial charge is 0.272 e. The Morgan fingerprint density at radius 3 is 2.15 bits per heavy atom. The highest BCUT2D eigenvalue weighted by Gasteiger charge is 2.20.